The van der Waals surface area contributed by atoms with E-state index in [1.54, 1.807) is 11.4 Å². The van der Waals surface area contributed by atoms with Crippen LogP contribution in [0.4, 0.5) is 25.2 Å². The number of halogens is 2. The molecule has 2 aromatic rings. The van der Waals surface area contributed by atoms with E-state index in [0.29, 0.717) is 43.4 Å². The third-order valence-corrected chi connectivity index (χ3v) is 6.23. The van der Waals surface area contributed by atoms with Gasteiger partial charge >= 0.3 is 6.09 Å². The van der Waals surface area contributed by atoms with E-state index < -0.39 is 18.1 Å². The number of carbonyl (C=O) groups excluding carboxylic acids is 1. The molecule has 31 heavy (non-hydrogen) atoms. The van der Waals surface area contributed by atoms with Crippen molar-refractivity contribution in [1.29, 1.82) is 0 Å². The van der Waals surface area contributed by atoms with Gasteiger partial charge in [0, 0.05) is 43.4 Å². The van der Waals surface area contributed by atoms with Crippen LogP contribution in [-0.4, -0.2) is 70.7 Å². The minimum atomic E-state index is -2.78. The summed E-state index contributed by atoms with van der Waals surface area (Å²) >= 11 is 1.17. The van der Waals surface area contributed by atoms with Crippen LogP contribution >= 0.6 is 11.3 Å². The van der Waals surface area contributed by atoms with E-state index in [1.165, 1.54) is 11.3 Å². The normalized spacial score (nSPS) is 19.2. The van der Waals surface area contributed by atoms with Crippen LogP contribution in [0.3, 0.4) is 0 Å². The second-order valence-electron chi connectivity index (χ2n) is 7.44. The van der Waals surface area contributed by atoms with Crippen molar-refractivity contribution >= 4 is 35.4 Å². The maximum absolute atomic E-state index is 13.6. The highest BCUT2D eigenvalue weighted by atomic mass is 32.1. The second-order valence-corrected chi connectivity index (χ2v) is 8.30. The largest absolute Gasteiger partial charge is 0.465 e. The molecule has 1 saturated carbocycles. The monoisotopic (exact) mass is 453 g/mol. The predicted molar refractivity (Wildman–Crippen MR) is 109 cm³/mol. The third kappa shape index (κ3) is 4.79. The number of thiazole rings is 1. The number of ether oxygens (including phenoxy) is 1. The SMILES string of the molecule is O=Cc1csc(-c2nc(N3CCOCC3)cc(N(C(=O)O)C3CCC(F)(F)CC3)n2)n1. The predicted octanol–water partition coefficient (Wildman–Crippen LogP) is 3.31. The summed E-state index contributed by atoms with van der Waals surface area (Å²) in [5.41, 5.74) is 0.228. The summed E-state index contributed by atoms with van der Waals surface area (Å²) in [7, 11) is 0. The Kier molecular flexibility index (Phi) is 6.10. The zero-order valence-electron chi connectivity index (χ0n) is 16.5. The van der Waals surface area contributed by atoms with Crippen molar-refractivity contribution in [2.24, 2.45) is 0 Å². The number of aromatic nitrogens is 3. The third-order valence-electron chi connectivity index (χ3n) is 5.37. The van der Waals surface area contributed by atoms with E-state index in [-0.39, 0.29) is 43.0 Å². The lowest BCUT2D eigenvalue weighted by Gasteiger charge is -2.35. The summed E-state index contributed by atoms with van der Waals surface area (Å²) in [5, 5.41) is 11.8. The minimum absolute atomic E-state index is 0.0397. The van der Waals surface area contributed by atoms with Crippen molar-refractivity contribution in [1.82, 2.24) is 15.0 Å². The molecule has 9 nitrogen and oxygen atoms in total. The zero-order valence-corrected chi connectivity index (χ0v) is 17.4. The number of hydrogen-bond donors (Lipinski definition) is 1. The molecule has 0 spiro atoms. The molecule has 0 radical (unpaired) electrons. The van der Waals surface area contributed by atoms with Crippen LogP contribution in [0.5, 0.6) is 0 Å². The van der Waals surface area contributed by atoms with Gasteiger partial charge in [0.1, 0.15) is 17.3 Å². The van der Waals surface area contributed by atoms with Gasteiger partial charge < -0.3 is 14.7 Å². The van der Waals surface area contributed by atoms with E-state index in [9.17, 15) is 23.5 Å². The van der Waals surface area contributed by atoms with Gasteiger partial charge in [-0.1, -0.05) is 0 Å². The number of hydrogen-bond acceptors (Lipinski definition) is 8. The Morgan fingerprint density at radius 3 is 2.58 bits per heavy atom. The number of aldehydes is 1. The Hall–Kier alpha value is -2.73. The van der Waals surface area contributed by atoms with Crippen molar-refractivity contribution in [3.8, 4) is 10.8 Å². The molecule has 0 atom stereocenters. The summed E-state index contributed by atoms with van der Waals surface area (Å²) in [6.07, 6.45) is -1.31. The number of carboxylic acid groups (broad SMARTS) is 1. The Balaban J connectivity index is 1.74. The van der Waals surface area contributed by atoms with Crippen molar-refractivity contribution in [2.75, 3.05) is 36.1 Å². The lowest BCUT2D eigenvalue weighted by Crippen LogP contribution is -2.44. The van der Waals surface area contributed by atoms with Gasteiger partial charge in [0.25, 0.3) is 0 Å². The maximum Gasteiger partial charge on any atom is 0.413 e. The number of morpholine rings is 1. The van der Waals surface area contributed by atoms with Gasteiger partial charge in [-0.15, -0.1) is 11.3 Å². The molecule has 1 N–H and O–H groups in total. The molecule has 1 amide bonds. The standard InChI is InChI=1S/C19H21F2N5O4S/c20-19(21)3-1-13(2-4-19)26(18(28)29)15-9-14(25-5-7-30-8-6-25)23-16(24-15)17-22-12(10-27)11-31-17/h9-11,13H,1-8H2,(H,28,29). The van der Waals surface area contributed by atoms with Gasteiger partial charge in [-0.25, -0.2) is 28.5 Å². The number of rotatable bonds is 5. The smallest absolute Gasteiger partial charge is 0.413 e. The first-order chi connectivity index (χ1) is 14.9. The average Bonchev–Trinajstić information content (AvgIpc) is 3.25. The van der Waals surface area contributed by atoms with Gasteiger partial charge in [0.05, 0.1) is 13.2 Å². The Labute approximate surface area is 180 Å². The quantitative estimate of drug-likeness (QED) is 0.687. The van der Waals surface area contributed by atoms with E-state index >= 15 is 0 Å². The Bertz CT molecular complexity index is 957. The van der Waals surface area contributed by atoms with Crippen molar-refractivity contribution in [3.63, 3.8) is 0 Å². The van der Waals surface area contributed by atoms with Crippen LogP contribution in [0.15, 0.2) is 11.4 Å². The number of carbonyl (C=O) groups is 2. The van der Waals surface area contributed by atoms with E-state index in [0.717, 1.165) is 4.90 Å². The highest BCUT2D eigenvalue weighted by Crippen LogP contribution is 2.37. The molecular formula is C19H21F2N5O4S. The van der Waals surface area contributed by atoms with E-state index in [1.807, 2.05) is 4.90 Å². The fourth-order valence-electron chi connectivity index (χ4n) is 3.76. The van der Waals surface area contributed by atoms with Gasteiger partial charge in [-0.05, 0) is 12.8 Å². The molecule has 1 aliphatic carbocycles. The average molecular weight is 453 g/mol. The van der Waals surface area contributed by atoms with Crippen LogP contribution in [0.2, 0.25) is 0 Å². The van der Waals surface area contributed by atoms with Crippen molar-refractivity contribution in [2.45, 2.75) is 37.6 Å². The van der Waals surface area contributed by atoms with Gasteiger partial charge in [-0.2, -0.15) is 0 Å². The molecule has 1 saturated heterocycles. The summed E-state index contributed by atoms with van der Waals surface area (Å²) in [6.45, 7) is 2.13. The molecule has 4 rings (SSSR count). The molecule has 3 heterocycles. The van der Waals surface area contributed by atoms with Crippen LogP contribution in [0.25, 0.3) is 10.8 Å². The van der Waals surface area contributed by atoms with E-state index in [2.05, 4.69) is 15.0 Å². The van der Waals surface area contributed by atoms with Crippen LogP contribution in [0, 0.1) is 0 Å². The minimum Gasteiger partial charge on any atom is -0.465 e. The Morgan fingerprint density at radius 2 is 1.97 bits per heavy atom. The molecular weight excluding hydrogens is 432 g/mol. The lowest BCUT2D eigenvalue weighted by atomic mass is 9.91. The number of anilines is 2. The summed E-state index contributed by atoms with van der Waals surface area (Å²) < 4.78 is 32.6. The van der Waals surface area contributed by atoms with Gasteiger partial charge in [-0.3, -0.25) is 9.69 Å². The van der Waals surface area contributed by atoms with Crippen LogP contribution in [0.1, 0.15) is 36.2 Å². The topological polar surface area (TPSA) is 109 Å². The molecule has 2 fully saturated rings. The molecule has 0 unspecified atom stereocenters. The molecule has 1 aliphatic heterocycles. The second kappa shape index (κ2) is 8.79. The molecule has 12 heteroatoms. The highest BCUT2D eigenvalue weighted by molar-refractivity contribution is 7.13. The highest BCUT2D eigenvalue weighted by Gasteiger charge is 2.39. The first-order valence-electron chi connectivity index (χ1n) is 9.89. The van der Waals surface area contributed by atoms with Crippen LogP contribution < -0.4 is 9.80 Å². The molecule has 2 aliphatic rings. The van der Waals surface area contributed by atoms with Crippen molar-refractivity contribution in [3.05, 3.63) is 17.1 Å². The maximum atomic E-state index is 13.6. The molecule has 166 valence electrons. The Morgan fingerprint density at radius 1 is 1.26 bits per heavy atom. The molecule has 0 aromatic carbocycles. The number of amides is 1. The molecule has 0 bridgehead atoms. The first-order valence-corrected chi connectivity index (χ1v) is 10.8. The lowest BCUT2D eigenvalue weighted by molar-refractivity contribution is -0.0379. The zero-order chi connectivity index (χ0) is 22.0. The van der Waals surface area contributed by atoms with Gasteiger partial charge in [0.2, 0.25) is 5.92 Å². The van der Waals surface area contributed by atoms with Crippen molar-refractivity contribution < 1.29 is 28.2 Å². The van der Waals surface area contributed by atoms with E-state index in [4.69, 9.17) is 4.74 Å². The van der Waals surface area contributed by atoms with Crippen LogP contribution in [-0.2, 0) is 4.74 Å². The number of alkyl halides is 2. The first kappa shape index (κ1) is 21.5. The molecule has 2 aromatic heterocycles. The summed E-state index contributed by atoms with van der Waals surface area (Å²) in [4.78, 5) is 39.3. The summed E-state index contributed by atoms with van der Waals surface area (Å²) in [5.74, 6) is -1.98. The number of nitrogens with zero attached hydrogens (tertiary/aromatic N) is 5. The fourth-order valence-corrected chi connectivity index (χ4v) is 4.46. The summed E-state index contributed by atoms with van der Waals surface area (Å²) in [6, 6.07) is 0.948. The fraction of sp³-hybridized carbons (Fsp3) is 0.526. The van der Waals surface area contributed by atoms with Gasteiger partial charge in [0.15, 0.2) is 17.1 Å².